The smallest absolute Gasteiger partial charge is 0.244 e. The van der Waals surface area contributed by atoms with E-state index in [0.29, 0.717) is 22.9 Å². The third-order valence-electron chi connectivity index (χ3n) is 2.89. The average Bonchev–Trinajstić information content (AvgIpc) is 2.76. The van der Waals surface area contributed by atoms with Crippen molar-refractivity contribution >= 4 is 21.4 Å². The van der Waals surface area contributed by atoms with Crippen LogP contribution in [0.3, 0.4) is 0 Å². The van der Waals surface area contributed by atoms with Gasteiger partial charge in [-0.1, -0.05) is 0 Å². The van der Waals surface area contributed by atoms with Gasteiger partial charge in [-0.3, -0.25) is 0 Å². The molecule has 5 nitrogen and oxygen atoms in total. The second kappa shape index (κ2) is 5.26. The highest BCUT2D eigenvalue weighted by Crippen LogP contribution is 2.27. The zero-order chi connectivity index (χ0) is 13.3. The largest absolute Gasteiger partial charge is 0.373 e. The first-order valence-electron chi connectivity index (χ1n) is 5.87. The maximum Gasteiger partial charge on any atom is 0.244 e. The number of hydrogen-bond donors (Lipinski definition) is 1. The lowest BCUT2D eigenvalue weighted by atomic mass is 10.3. The number of ether oxygens (including phenoxy) is 1. The minimum absolute atomic E-state index is 0.0801. The van der Waals surface area contributed by atoms with Crippen molar-refractivity contribution in [2.75, 3.05) is 13.1 Å². The molecule has 2 N–H and O–H groups in total. The molecule has 102 valence electrons. The van der Waals surface area contributed by atoms with E-state index >= 15 is 0 Å². The van der Waals surface area contributed by atoms with Crippen molar-refractivity contribution in [1.82, 2.24) is 4.31 Å². The summed E-state index contributed by atoms with van der Waals surface area (Å²) >= 11 is 1.38. The normalized spacial score (nSPS) is 26.4. The van der Waals surface area contributed by atoms with Crippen LogP contribution in [0.4, 0.5) is 0 Å². The molecule has 0 bridgehead atoms. The predicted octanol–water partition coefficient (Wildman–Crippen LogP) is 1.00. The van der Waals surface area contributed by atoms with Crippen LogP contribution in [0.25, 0.3) is 0 Å². The maximum atomic E-state index is 12.5. The molecule has 0 saturated carbocycles. The molecular formula is C11H18N2O3S2. The van der Waals surface area contributed by atoms with Crippen LogP contribution >= 0.6 is 11.3 Å². The summed E-state index contributed by atoms with van der Waals surface area (Å²) in [6.45, 7) is 4.81. The Bertz CT molecular complexity index is 502. The molecule has 2 heterocycles. The van der Waals surface area contributed by atoms with Gasteiger partial charge in [0.05, 0.1) is 17.1 Å². The minimum atomic E-state index is -3.44. The summed E-state index contributed by atoms with van der Waals surface area (Å²) in [6.07, 6.45) is -0.160. The van der Waals surface area contributed by atoms with Crippen molar-refractivity contribution in [3.63, 3.8) is 0 Å². The Hall–Kier alpha value is -0.470. The minimum Gasteiger partial charge on any atom is -0.373 e. The quantitative estimate of drug-likeness (QED) is 0.901. The Balaban J connectivity index is 2.31. The first kappa shape index (κ1) is 14.0. The summed E-state index contributed by atoms with van der Waals surface area (Å²) in [6, 6.07) is 1.63. The first-order chi connectivity index (χ1) is 8.45. The number of sulfonamides is 1. The van der Waals surface area contributed by atoms with Gasteiger partial charge in [-0.05, 0) is 25.3 Å². The average molecular weight is 290 g/mol. The van der Waals surface area contributed by atoms with Crippen LogP contribution in [-0.2, 0) is 21.3 Å². The zero-order valence-corrected chi connectivity index (χ0v) is 12.1. The summed E-state index contributed by atoms with van der Waals surface area (Å²) in [7, 11) is -3.44. The Labute approximate surface area is 112 Å². The molecular weight excluding hydrogens is 272 g/mol. The van der Waals surface area contributed by atoms with Crippen LogP contribution in [-0.4, -0.2) is 38.0 Å². The Morgan fingerprint density at radius 1 is 1.44 bits per heavy atom. The molecule has 0 unspecified atom stereocenters. The molecule has 1 fully saturated rings. The summed E-state index contributed by atoms with van der Waals surface area (Å²) in [5, 5.41) is 1.77. The SMILES string of the molecule is C[C@@H]1CN(S(=O)(=O)c2ccsc2CN)C[C@H](C)O1. The number of thiophene rings is 1. The molecule has 1 aromatic heterocycles. The van der Waals surface area contributed by atoms with E-state index in [9.17, 15) is 8.42 Å². The van der Waals surface area contributed by atoms with Crippen LogP contribution in [0.15, 0.2) is 16.3 Å². The van der Waals surface area contributed by atoms with Crippen LogP contribution in [0.5, 0.6) is 0 Å². The summed E-state index contributed by atoms with van der Waals surface area (Å²) in [4.78, 5) is 1.05. The lowest BCUT2D eigenvalue weighted by Crippen LogP contribution is -2.48. The van der Waals surface area contributed by atoms with Gasteiger partial charge in [0.1, 0.15) is 0 Å². The Morgan fingerprint density at radius 3 is 2.61 bits per heavy atom. The van der Waals surface area contributed by atoms with Gasteiger partial charge in [0.15, 0.2) is 0 Å². The molecule has 1 aromatic rings. The van der Waals surface area contributed by atoms with Crippen molar-refractivity contribution in [2.24, 2.45) is 5.73 Å². The number of morpholine rings is 1. The molecule has 2 rings (SSSR count). The summed E-state index contributed by atoms with van der Waals surface area (Å²) in [5.41, 5.74) is 5.58. The van der Waals surface area contributed by atoms with Crippen LogP contribution in [0.1, 0.15) is 18.7 Å². The molecule has 0 radical (unpaired) electrons. The van der Waals surface area contributed by atoms with E-state index in [2.05, 4.69) is 0 Å². The number of hydrogen-bond acceptors (Lipinski definition) is 5. The Kier molecular flexibility index (Phi) is 4.08. The molecule has 0 aromatic carbocycles. The molecule has 2 atom stereocenters. The third kappa shape index (κ3) is 2.60. The predicted molar refractivity (Wildman–Crippen MR) is 71.0 cm³/mol. The Morgan fingerprint density at radius 2 is 2.06 bits per heavy atom. The van der Waals surface area contributed by atoms with E-state index in [4.69, 9.17) is 10.5 Å². The highest BCUT2D eigenvalue weighted by atomic mass is 32.2. The molecule has 1 aliphatic rings. The van der Waals surface area contributed by atoms with Gasteiger partial charge in [-0.25, -0.2) is 8.42 Å². The zero-order valence-electron chi connectivity index (χ0n) is 10.5. The van der Waals surface area contributed by atoms with E-state index < -0.39 is 10.0 Å². The van der Waals surface area contributed by atoms with E-state index in [0.717, 1.165) is 0 Å². The standard InChI is InChI=1S/C11H18N2O3S2/c1-8-6-13(7-9(2)16-8)18(14,15)11-3-4-17-10(11)5-12/h3-4,8-9H,5-7,12H2,1-2H3/t8-,9+. The van der Waals surface area contributed by atoms with Gasteiger partial charge in [0.25, 0.3) is 0 Å². The highest BCUT2D eigenvalue weighted by Gasteiger charge is 2.33. The van der Waals surface area contributed by atoms with Crippen molar-refractivity contribution in [3.8, 4) is 0 Å². The second-order valence-corrected chi connectivity index (χ2v) is 7.40. The van der Waals surface area contributed by atoms with E-state index in [1.165, 1.54) is 15.6 Å². The molecule has 18 heavy (non-hydrogen) atoms. The molecule has 7 heteroatoms. The summed E-state index contributed by atoms with van der Waals surface area (Å²) < 4.78 is 32.1. The second-order valence-electron chi connectivity index (χ2n) is 4.49. The van der Waals surface area contributed by atoms with Crippen molar-refractivity contribution in [3.05, 3.63) is 16.3 Å². The topological polar surface area (TPSA) is 72.6 Å². The van der Waals surface area contributed by atoms with Gasteiger partial charge < -0.3 is 10.5 Å². The lowest BCUT2D eigenvalue weighted by Gasteiger charge is -2.34. The van der Waals surface area contributed by atoms with Gasteiger partial charge in [-0.2, -0.15) is 4.31 Å². The first-order valence-corrected chi connectivity index (χ1v) is 8.19. The lowest BCUT2D eigenvalue weighted by molar-refractivity contribution is -0.0440. The molecule has 1 aliphatic heterocycles. The van der Waals surface area contributed by atoms with Crippen molar-refractivity contribution in [1.29, 1.82) is 0 Å². The molecule has 1 saturated heterocycles. The van der Waals surface area contributed by atoms with Crippen LogP contribution in [0, 0.1) is 0 Å². The van der Waals surface area contributed by atoms with Crippen LogP contribution < -0.4 is 5.73 Å². The highest BCUT2D eigenvalue weighted by molar-refractivity contribution is 7.89. The maximum absolute atomic E-state index is 12.5. The monoisotopic (exact) mass is 290 g/mol. The fraction of sp³-hybridized carbons (Fsp3) is 0.636. The van der Waals surface area contributed by atoms with E-state index in [1.807, 2.05) is 13.8 Å². The van der Waals surface area contributed by atoms with Gasteiger partial charge in [-0.15, -0.1) is 11.3 Å². The van der Waals surface area contributed by atoms with Crippen molar-refractivity contribution < 1.29 is 13.2 Å². The van der Waals surface area contributed by atoms with E-state index in [-0.39, 0.29) is 18.8 Å². The van der Waals surface area contributed by atoms with E-state index in [1.54, 1.807) is 11.4 Å². The van der Waals surface area contributed by atoms with Gasteiger partial charge in [0.2, 0.25) is 10.0 Å². The van der Waals surface area contributed by atoms with Gasteiger partial charge in [0, 0.05) is 24.5 Å². The fourth-order valence-electron chi connectivity index (χ4n) is 2.17. The molecule has 0 amide bonds. The van der Waals surface area contributed by atoms with Crippen LogP contribution in [0.2, 0.25) is 0 Å². The number of nitrogens with two attached hydrogens (primary N) is 1. The van der Waals surface area contributed by atoms with Gasteiger partial charge >= 0.3 is 0 Å². The fourth-order valence-corrected chi connectivity index (χ4v) is 5.07. The third-order valence-corrected chi connectivity index (χ3v) is 5.88. The summed E-state index contributed by atoms with van der Waals surface area (Å²) in [5.74, 6) is 0. The molecule has 0 spiro atoms. The number of nitrogens with zero attached hydrogens (tertiary/aromatic N) is 1. The molecule has 0 aliphatic carbocycles. The van der Waals surface area contributed by atoms with Crippen molar-refractivity contribution in [2.45, 2.75) is 37.5 Å². The number of rotatable bonds is 3.